The van der Waals surface area contributed by atoms with Crippen LogP contribution < -0.4 is 102 Å². The molecule has 12 nitrogen and oxygen atoms in total. The average Bonchev–Trinajstić information content (AvgIpc) is 1.41. The fourth-order valence-corrected chi connectivity index (χ4v) is 0. The van der Waals surface area contributed by atoms with Gasteiger partial charge in [-0.2, -0.15) is 0 Å². The Morgan fingerprint density at radius 2 is 0.312 bits per heavy atom. The van der Waals surface area contributed by atoms with Crippen LogP contribution in [0.2, 0.25) is 0 Å². The van der Waals surface area contributed by atoms with Gasteiger partial charge in [-0.1, -0.05) is 0 Å². The van der Waals surface area contributed by atoms with E-state index in [1.807, 2.05) is 0 Å². The maximum absolute atomic E-state index is 8.62. The van der Waals surface area contributed by atoms with Crippen molar-refractivity contribution < 1.29 is 124 Å². The van der Waals surface area contributed by atoms with Crippen molar-refractivity contribution in [2.75, 3.05) is 0 Å². The second-order valence-electron chi connectivity index (χ2n) is 1.13. The summed E-state index contributed by atoms with van der Waals surface area (Å²) in [6.45, 7) is 0. The molecule has 0 aliphatic heterocycles. The first-order chi connectivity index (χ1) is 6.00. The van der Waals surface area contributed by atoms with Crippen molar-refractivity contribution in [2.45, 2.75) is 0 Å². The number of halogens is 3. The van der Waals surface area contributed by atoms with Crippen LogP contribution in [0, 0.1) is 0 Å². The van der Waals surface area contributed by atoms with Crippen molar-refractivity contribution in [2.24, 2.45) is 0 Å². The van der Waals surface area contributed by atoms with E-state index in [0.717, 1.165) is 0 Å². The Kier molecular flexibility index (Phi) is 19.0. The van der Waals surface area contributed by atoms with E-state index in [-0.39, 0.29) is 22.4 Å². The van der Waals surface area contributed by atoms with E-state index in [4.69, 9.17) is 41.2 Å². The Bertz CT molecular complexity index is 91.3. The first kappa shape index (κ1) is 26.9. The van der Waals surface area contributed by atoms with Gasteiger partial charge in [-0.05, 0) is 0 Å². The molecule has 0 bridgehead atoms. The Hall–Kier alpha value is 2.45. The zero-order chi connectivity index (χ0) is 13.5. The van der Waals surface area contributed by atoms with E-state index in [9.17, 15) is 0 Å². The fourth-order valence-electron chi connectivity index (χ4n) is 0. The monoisotopic (exact) mass is 680 g/mol. The molecule has 0 saturated carbocycles. The molecule has 0 aromatic heterocycles. The third kappa shape index (κ3) is 654. The first-order valence-corrected chi connectivity index (χ1v) is 12.4. The number of rotatable bonds is 0. The second kappa shape index (κ2) is 11.3. The van der Waals surface area contributed by atoms with Gasteiger partial charge in [0.1, 0.15) is 60.3 Å². The Morgan fingerprint density at radius 3 is 0.312 bits per heavy atom. The zero-order valence-corrected chi connectivity index (χ0v) is 14.3. The maximum atomic E-state index is 8.62. The van der Waals surface area contributed by atoms with E-state index in [1.165, 1.54) is 0 Å². The quantitative estimate of drug-likeness (QED) is 0.170. The second-order valence-corrected chi connectivity index (χ2v) is 7.61. The minimum Gasteiger partial charge on any atom is -0.286 e. The molecule has 16 heteroatoms. The molecule has 0 aliphatic carbocycles. The van der Waals surface area contributed by atoms with Gasteiger partial charge in [0.25, 0.3) is 0 Å². The molecule has 0 atom stereocenters. The van der Waals surface area contributed by atoms with Crippen molar-refractivity contribution in [1.82, 2.24) is 0 Å². The van der Waals surface area contributed by atoms with Gasteiger partial charge in [-0.15, -0.1) is 0 Å². The molecule has 0 fully saturated rings. The topological polar surface area (TPSA) is 277 Å². The Balaban J connectivity index is -0.0000000655. The van der Waals surface area contributed by atoms with Crippen molar-refractivity contribution >= 4 is 0 Å². The predicted molar refractivity (Wildman–Crippen MR) is 0 cm³/mol. The van der Waals surface area contributed by atoms with Crippen LogP contribution >= 0.6 is 0 Å². The summed E-state index contributed by atoms with van der Waals surface area (Å²) in [5.41, 5.74) is 0. The molecule has 0 amide bonds. The first-order valence-electron chi connectivity index (χ1n) is 1.85. The van der Waals surface area contributed by atoms with Crippen molar-refractivity contribution in [3.05, 3.63) is 0 Å². The molecule has 0 aromatic rings. The molecule has 104 valence electrons. The molecule has 0 aromatic carbocycles. The molecule has 0 unspecified atom stereocenters. The summed E-state index contributed by atoms with van der Waals surface area (Å²) in [6, 6.07) is 0. The van der Waals surface area contributed by atoms with Crippen LogP contribution in [-0.4, -0.2) is 0 Å². The van der Waals surface area contributed by atoms with Gasteiger partial charge in [-0.25, -0.2) is 0 Å². The molecular formula is AgI3O12. The minimum absolute atomic E-state index is 0. The van der Waals surface area contributed by atoms with Crippen LogP contribution in [0.1, 0.15) is 0 Å². The molecule has 0 radical (unpaired) electrons. The smallest absolute Gasteiger partial charge is 0.286 e. The van der Waals surface area contributed by atoms with Gasteiger partial charge in [-0.3, -0.25) is 41.2 Å². The van der Waals surface area contributed by atoms with Gasteiger partial charge in [0.05, 0.1) is 0 Å². The molecule has 16 heavy (non-hydrogen) atoms. The van der Waals surface area contributed by atoms with E-state index in [1.54, 1.807) is 0 Å². The van der Waals surface area contributed by atoms with Gasteiger partial charge in [0.2, 0.25) is 0 Å². The minimum atomic E-state index is -5.94. The summed E-state index contributed by atoms with van der Waals surface area (Å²) in [7, 11) is 0. The van der Waals surface area contributed by atoms with Gasteiger partial charge < -0.3 is 0 Å². The maximum Gasteiger partial charge on any atom is 3.00 e. The summed E-state index contributed by atoms with van der Waals surface area (Å²) in [6.07, 6.45) is 0. The predicted octanol–water partition coefficient (Wildman–Crippen LogP) is -23.3. The number of hydrogen-bond acceptors (Lipinski definition) is 12. The summed E-state index contributed by atoms with van der Waals surface area (Å²) in [5, 5.41) is 0. The van der Waals surface area contributed by atoms with Gasteiger partial charge in [0, 0.05) is 0 Å². The van der Waals surface area contributed by atoms with Crippen molar-refractivity contribution in [3.63, 3.8) is 0 Å². The Labute approximate surface area is 122 Å². The average molecular weight is 681 g/mol. The standard InChI is InChI=1S/Ag.3IO4/c;3*2-1(3,4)5/q+3;3*-1. The van der Waals surface area contributed by atoms with Crippen molar-refractivity contribution in [3.8, 4) is 0 Å². The van der Waals surface area contributed by atoms with Crippen LogP contribution in [0.15, 0.2) is 0 Å². The normalized spacial score (nSPS) is 11.2. The van der Waals surface area contributed by atoms with Crippen molar-refractivity contribution in [1.29, 1.82) is 0 Å². The summed E-state index contributed by atoms with van der Waals surface area (Å²) in [4.78, 5) is 0. The van der Waals surface area contributed by atoms with Crippen LogP contribution in [-0.2, 0) is 22.4 Å². The van der Waals surface area contributed by atoms with Crippen LogP contribution in [0.3, 0.4) is 0 Å². The van der Waals surface area contributed by atoms with Crippen LogP contribution in [0.25, 0.3) is 0 Å². The third-order valence-corrected chi connectivity index (χ3v) is 0. The summed E-state index contributed by atoms with van der Waals surface area (Å²) in [5.74, 6) is 0. The fraction of sp³-hybridized carbons (Fsp3) is 0. The SMILES string of the molecule is [Ag+3].[O-][I+3]([O-])([O-])[O-].[O-][I+3]([O-])([O-])[O-].[O-][I+3]([O-])([O-])[O-]. The van der Waals surface area contributed by atoms with Gasteiger partial charge in [0.15, 0.2) is 0 Å². The Morgan fingerprint density at radius 1 is 0.312 bits per heavy atom. The summed E-state index contributed by atoms with van der Waals surface area (Å²) < 4.78 is 103. The van der Waals surface area contributed by atoms with Crippen LogP contribution in [0.4, 0.5) is 0 Å². The van der Waals surface area contributed by atoms with E-state index in [2.05, 4.69) is 0 Å². The van der Waals surface area contributed by atoms with E-state index < -0.39 is 60.3 Å². The molecule has 0 rings (SSSR count). The molecule has 0 spiro atoms. The molecule has 0 saturated heterocycles. The molecule has 0 N–H and O–H groups in total. The largest absolute Gasteiger partial charge is 3.00 e. The van der Waals surface area contributed by atoms with Crippen LogP contribution in [0.5, 0.6) is 0 Å². The molecule has 0 aliphatic rings. The number of hydrogen-bond donors (Lipinski definition) is 0. The summed E-state index contributed by atoms with van der Waals surface area (Å²) >= 11 is -17.8. The molecular weight excluding hydrogens is 681 g/mol. The van der Waals surface area contributed by atoms with E-state index in [0.29, 0.717) is 0 Å². The third-order valence-electron chi connectivity index (χ3n) is 0. The molecule has 0 heterocycles. The zero-order valence-electron chi connectivity index (χ0n) is 6.33. The van der Waals surface area contributed by atoms with Gasteiger partial charge >= 0.3 is 22.4 Å². The van der Waals surface area contributed by atoms with E-state index >= 15 is 0 Å².